The molecule has 49 nitrogen and oxygen atoms in total. The SMILES string of the molecule is CC[C@H]1O[C@@H](n2cc(C)c(=O)[nH]c2=O)CC1OP(O)(=S)OC[C@H]1O[C@@H](n2cc(C)c(N)nc2=O)CC1OP(O)(=S)OC[C@H]1O[C@@H](n2cc(C)c(=O)[nH]c2=O)CC1OP(O)(=S)OC[C@H]1O[C@@H](n2cc(C)c(=O)[nH]c2=O)CC1OP(O)(=S)OC[C@H]1O[C@@H](n2cc(C)c(=O)[nH]c2=O)CC1OP(O)(=S)OC[C@H]1O[C@@H](n2cnc3c(N)ncnc32)CC1OP(O)(=S)OC. The zero-order valence-electron chi connectivity index (χ0n) is 65.4. The molecule has 0 radical (unpaired) electrons. The molecule has 24 atom stereocenters. The molecule has 6 aliphatic heterocycles. The number of rotatable bonds is 35. The van der Waals surface area contributed by atoms with Gasteiger partial charge in [-0.25, -0.2) is 38.9 Å². The predicted octanol–water partition coefficient (Wildman–Crippen LogP) is 0.467. The number of fused-ring (bicyclic) bond motifs is 1. The van der Waals surface area contributed by atoms with Gasteiger partial charge < -0.3 is 124 Å². The highest BCUT2D eigenvalue weighted by Crippen LogP contribution is 2.57. The second kappa shape index (κ2) is 38.4. The molecule has 13 rings (SSSR count). The predicted molar refractivity (Wildman–Crippen MR) is 448 cm³/mol. The van der Waals surface area contributed by atoms with Gasteiger partial charge in [0.25, 0.3) is 22.2 Å². The molecule has 0 aromatic carbocycles. The summed E-state index contributed by atoms with van der Waals surface area (Å²) in [7, 11) is 1.14. The number of anilines is 2. The number of nitrogen functional groups attached to an aromatic ring is 2. The van der Waals surface area contributed by atoms with Gasteiger partial charge in [0.05, 0.1) is 82.1 Å². The van der Waals surface area contributed by atoms with Gasteiger partial charge in [0.15, 0.2) is 11.5 Å². The first-order chi connectivity index (χ1) is 57.7. The maximum Gasteiger partial charge on any atom is 0.351 e. The maximum atomic E-state index is 13.5. The van der Waals surface area contributed by atoms with Crippen molar-refractivity contribution in [2.24, 2.45) is 0 Å². The smallest absolute Gasteiger partial charge is 0.351 e. The van der Waals surface area contributed by atoms with Crippen LogP contribution in [0.5, 0.6) is 0 Å². The zero-order chi connectivity index (χ0) is 89.1. The van der Waals surface area contributed by atoms with Crippen LogP contribution in [0.1, 0.15) is 117 Å². The van der Waals surface area contributed by atoms with Gasteiger partial charge in [-0.05, 0) is 112 Å². The third kappa shape index (κ3) is 22.9. The summed E-state index contributed by atoms with van der Waals surface area (Å²) in [4.78, 5) is 212. The lowest BCUT2D eigenvalue weighted by Gasteiger charge is -2.28. The average Bonchev–Trinajstić information content (AvgIpc) is 1.63. The van der Waals surface area contributed by atoms with E-state index in [1.165, 1.54) is 80.5 Å². The Bertz CT molecular complexity index is 6060. The van der Waals surface area contributed by atoms with Crippen LogP contribution in [-0.2, 0) is 154 Å². The first-order valence-corrected chi connectivity index (χ1v) is 52.6. The summed E-state index contributed by atoms with van der Waals surface area (Å²) in [6.45, 7) is -21.4. The Morgan fingerprint density at radius 2 is 0.659 bits per heavy atom. The highest BCUT2D eigenvalue weighted by molar-refractivity contribution is 8.08. The molecular weight excluding hydrogens is 1880 g/mol. The number of ether oxygens (including phenoxy) is 6. The molecule has 0 spiro atoms. The van der Waals surface area contributed by atoms with Gasteiger partial charge in [-0.3, -0.25) is 66.5 Å². The minimum atomic E-state index is -4.73. The van der Waals surface area contributed by atoms with Crippen molar-refractivity contribution < 1.29 is 112 Å². The summed E-state index contributed by atoms with van der Waals surface area (Å²) < 4.78 is 115. The number of aromatic amines is 4. The molecule has 0 saturated carbocycles. The van der Waals surface area contributed by atoms with Gasteiger partial charge >= 0.3 is 68.8 Å². The van der Waals surface area contributed by atoms with E-state index < -0.39 is 241 Å². The minimum Gasteiger partial charge on any atom is -0.383 e. The molecule has 7 aromatic rings. The van der Waals surface area contributed by atoms with E-state index in [0.29, 0.717) is 12.0 Å². The van der Waals surface area contributed by atoms with Gasteiger partial charge in [-0.15, -0.1) is 0 Å². The van der Waals surface area contributed by atoms with Crippen LogP contribution in [0.15, 0.2) is 86.8 Å². The summed E-state index contributed by atoms with van der Waals surface area (Å²) in [6.07, 6.45) is -15.0. The van der Waals surface area contributed by atoms with E-state index in [2.05, 4.69) is 39.9 Å². The first-order valence-electron chi connectivity index (χ1n) is 37.1. The van der Waals surface area contributed by atoms with Crippen molar-refractivity contribution in [2.45, 2.75) is 197 Å². The van der Waals surface area contributed by atoms with Crippen molar-refractivity contribution in [1.82, 2.24) is 67.3 Å². The van der Waals surface area contributed by atoms with E-state index in [9.17, 15) is 72.5 Å². The average molecular weight is 1960 g/mol. The number of H-pyrrole nitrogens is 4. The van der Waals surface area contributed by atoms with Crippen molar-refractivity contribution in [1.29, 1.82) is 0 Å². The lowest BCUT2D eigenvalue weighted by atomic mass is 10.1. The lowest BCUT2D eigenvalue weighted by molar-refractivity contribution is -0.0576. The summed E-state index contributed by atoms with van der Waals surface area (Å²) in [5, 5.41) is 0. The molecule has 14 N–H and O–H groups in total. The number of nitrogens with one attached hydrogen (secondary N) is 4. The first kappa shape index (κ1) is 95.3. The Hall–Kier alpha value is -5.31. The normalized spacial score (nSPS) is 29.7. The molecule has 6 aliphatic rings. The van der Waals surface area contributed by atoms with Gasteiger partial charge in [0.2, 0.25) is 0 Å². The molecular formula is C62H84N16O33P6S6. The van der Waals surface area contributed by atoms with Crippen molar-refractivity contribution in [3.05, 3.63) is 165 Å². The van der Waals surface area contributed by atoms with Crippen LogP contribution < -0.4 is 62.2 Å². The molecule has 13 heterocycles. The van der Waals surface area contributed by atoms with Crippen molar-refractivity contribution in [3.63, 3.8) is 0 Å². The number of nitrogens with zero attached hydrogens (tertiary/aromatic N) is 10. The van der Waals surface area contributed by atoms with Crippen molar-refractivity contribution in [2.75, 3.05) is 51.6 Å². The molecule has 6 saturated heterocycles. The van der Waals surface area contributed by atoms with Crippen LogP contribution >= 0.6 is 40.3 Å². The molecule has 6 fully saturated rings. The maximum absolute atomic E-state index is 13.5. The fourth-order valence-electron chi connectivity index (χ4n) is 14.1. The fraction of sp³-hybridized carbons (Fsp3) is 0.597. The number of nitrogens with two attached hydrogens (primary N) is 2. The van der Waals surface area contributed by atoms with Crippen LogP contribution in [-0.4, -0.2) is 210 Å². The number of imidazole rings is 1. The second-order valence-electron chi connectivity index (χ2n) is 28.9. The van der Waals surface area contributed by atoms with E-state index in [-0.39, 0.29) is 77.2 Å². The molecule has 61 heteroatoms. The van der Waals surface area contributed by atoms with Gasteiger partial charge in [0.1, 0.15) is 85.5 Å². The molecule has 7 aromatic heterocycles. The van der Waals surface area contributed by atoms with E-state index in [0.717, 1.165) is 25.4 Å². The number of aryl methyl sites for hydroxylation is 5. The highest BCUT2D eigenvalue weighted by Gasteiger charge is 2.50. The van der Waals surface area contributed by atoms with E-state index in [1.54, 1.807) is 13.8 Å². The highest BCUT2D eigenvalue weighted by atomic mass is 32.5. The molecule has 676 valence electrons. The molecule has 0 bridgehead atoms. The summed E-state index contributed by atoms with van der Waals surface area (Å²) >= 11 is 33.0. The number of hydrogen-bond acceptors (Lipinski definition) is 39. The van der Waals surface area contributed by atoms with Gasteiger partial charge in [-0.2, -0.15) is 4.98 Å². The molecule has 12 unspecified atom stereocenters. The van der Waals surface area contributed by atoms with Crippen LogP contribution in [0, 0.1) is 34.6 Å². The third-order valence-corrected chi connectivity index (χ3v) is 30.0. The lowest BCUT2D eigenvalue weighted by Crippen LogP contribution is -2.33. The Balaban J connectivity index is 0.701. The Morgan fingerprint density at radius 3 is 0.959 bits per heavy atom. The largest absolute Gasteiger partial charge is 0.383 e. The quantitative estimate of drug-likeness (QED) is 0.0240. The number of hydrogen-bond donors (Lipinski definition) is 12. The molecule has 0 amide bonds. The van der Waals surface area contributed by atoms with Crippen LogP contribution in [0.25, 0.3) is 11.2 Å². The topological polar surface area (TPSA) is 637 Å². The Morgan fingerprint density at radius 1 is 0.390 bits per heavy atom. The van der Waals surface area contributed by atoms with E-state index >= 15 is 0 Å². The van der Waals surface area contributed by atoms with E-state index in [1.807, 2.05) is 0 Å². The minimum absolute atomic E-state index is 0.0213. The standard InChI is InChI=1S/C62H84N16O33P6S6/c1-8-32-33(9-44(100-32)74-16-28(3)54(79)69-59(74)84)107-113(89,119)95-21-40-35(10-45(101-40)73-15-27(2)51(63)68-58(73)83)108-115(91,121)97-22-42-37(12-47(103-42)76-18-30(5)56(81)71-61(76)86)110-117(93,123)99-24-43-38(13-48(104-43)77-19-31(6)57(82)72-62(77)87)111-116(92,122)98-23-41-36(11-46(102-41)75-17-29(4)55(80)70-60(75)85)109-114(90,120)96-20-39-34(106-112(88,118)94-7)14-49(105-39)78-26-67-50-52(64)65-25-66-53(50)78/h15-19,25-26,32-49H,8-14,20-24H2,1-7H3,(H,88,118)(H,89,119)(H,90,120)(H,91,121)(H,92,122)(H,93,123)(H2,63,68,83)(H2,64,65,66)(H,69,79,84)(H,70,80,85)(H,71,81,86)(H,72,82,87)/t32-,33?,34?,35?,36?,37?,38?,39-,40-,41-,42-,43-,44-,45-,46-,47-,48-,49-,112?,113?,114?,115?,116?,117?/m1/s1. The number of aromatic nitrogens is 14. The van der Waals surface area contributed by atoms with Crippen LogP contribution in [0.2, 0.25) is 0 Å². The Labute approximate surface area is 722 Å². The van der Waals surface area contributed by atoms with Gasteiger partial charge in [0, 0.05) is 104 Å². The Kier molecular flexibility index (Phi) is 29.7. The summed E-state index contributed by atoms with van der Waals surface area (Å²) in [5.41, 5.74) is 6.01. The molecule has 0 aliphatic carbocycles. The zero-order valence-corrected chi connectivity index (χ0v) is 75.7. The summed E-state index contributed by atoms with van der Waals surface area (Å²) in [6, 6.07) is 0. The molecule has 123 heavy (non-hydrogen) atoms. The third-order valence-electron chi connectivity index (χ3n) is 20.3. The second-order valence-corrected chi connectivity index (χ2v) is 45.8. The van der Waals surface area contributed by atoms with Crippen molar-refractivity contribution >= 4 is 134 Å². The van der Waals surface area contributed by atoms with Crippen LogP contribution in [0.4, 0.5) is 11.6 Å². The van der Waals surface area contributed by atoms with Crippen molar-refractivity contribution in [3.8, 4) is 0 Å². The van der Waals surface area contributed by atoms with Gasteiger partial charge in [-0.1, -0.05) is 6.92 Å². The fourth-order valence-corrected chi connectivity index (χ4v) is 22.5. The van der Waals surface area contributed by atoms with E-state index in [4.69, 9.17) is 165 Å². The monoisotopic (exact) mass is 1960 g/mol. The summed E-state index contributed by atoms with van der Waals surface area (Å²) in [5.74, 6) is -0.00942. The van der Waals surface area contributed by atoms with Crippen LogP contribution in [0.3, 0.4) is 0 Å².